The van der Waals surface area contributed by atoms with Crippen LogP contribution in [0.5, 0.6) is 0 Å². The number of amides is 2. The Morgan fingerprint density at radius 3 is 2.56 bits per heavy atom. The van der Waals surface area contributed by atoms with E-state index in [4.69, 9.17) is 4.74 Å². The molecule has 18 heavy (non-hydrogen) atoms. The lowest BCUT2D eigenvalue weighted by Gasteiger charge is -2.34. The van der Waals surface area contributed by atoms with Gasteiger partial charge in [-0.15, -0.1) is 0 Å². The van der Waals surface area contributed by atoms with Crippen molar-refractivity contribution >= 4 is 6.03 Å². The number of piperazine rings is 1. The van der Waals surface area contributed by atoms with Gasteiger partial charge in [-0.3, -0.25) is 4.90 Å². The summed E-state index contributed by atoms with van der Waals surface area (Å²) in [6, 6.07) is 0.0972. The van der Waals surface area contributed by atoms with Crippen LogP contribution in [-0.2, 0) is 4.74 Å². The molecule has 1 rings (SSSR count). The molecule has 2 amide bonds. The number of rotatable bonds is 7. The summed E-state index contributed by atoms with van der Waals surface area (Å²) in [7, 11) is 1.73. The lowest BCUT2D eigenvalue weighted by Crippen LogP contribution is -2.52. The van der Waals surface area contributed by atoms with Gasteiger partial charge in [-0.1, -0.05) is 13.3 Å². The van der Waals surface area contributed by atoms with Crippen molar-refractivity contribution in [2.75, 3.05) is 53.0 Å². The van der Waals surface area contributed by atoms with E-state index in [-0.39, 0.29) is 6.03 Å². The van der Waals surface area contributed by atoms with Gasteiger partial charge in [-0.25, -0.2) is 4.79 Å². The average Bonchev–Trinajstić information content (AvgIpc) is 2.40. The zero-order chi connectivity index (χ0) is 13.2. The number of hydrogen-bond donors (Lipinski definition) is 1. The standard InChI is InChI=1S/C13H27N3O2/c1-3-4-6-14-13(17)16-10-8-15(9-11-16)7-5-12-18-2/h3-12H2,1-2H3,(H,14,17). The third-order valence-corrected chi connectivity index (χ3v) is 3.29. The van der Waals surface area contributed by atoms with E-state index in [1.807, 2.05) is 4.90 Å². The summed E-state index contributed by atoms with van der Waals surface area (Å²) >= 11 is 0. The molecule has 0 spiro atoms. The van der Waals surface area contributed by atoms with Crippen molar-refractivity contribution < 1.29 is 9.53 Å². The van der Waals surface area contributed by atoms with Crippen molar-refractivity contribution in [2.45, 2.75) is 26.2 Å². The van der Waals surface area contributed by atoms with Gasteiger partial charge < -0.3 is 15.0 Å². The van der Waals surface area contributed by atoms with E-state index >= 15 is 0 Å². The molecule has 5 nitrogen and oxygen atoms in total. The number of nitrogens with one attached hydrogen (secondary N) is 1. The van der Waals surface area contributed by atoms with E-state index in [0.717, 1.165) is 65.1 Å². The summed E-state index contributed by atoms with van der Waals surface area (Å²) in [4.78, 5) is 16.1. The van der Waals surface area contributed by atoms with Crippen LogP contribution in [0, 0.1) is 0 Å². The summed E-state index contributed by atoms with van der Waals surface area (Å²) in [5, 5.41) is 2.97. The second-order valence-electron chi connectivity index (χ2n) is 4.76. The molecular formula is C13H27N3O2. The number of hydrogen-bond acceptors (Lipinski definition) is 3. The van der Waals surface area contributed by atoms with Gasteiger partial charge in [-0.2, -0.15) is 0 Å². The van der Waals surface area contributed by atoms with Crippen LogP contribution in [-0.4, -0.2) is 68.8 Å². The normalized spacial score (nSPS) is 16.9. The fraction of sp³-hybridized carbons (Fsp3) is 0.923. The van der Waals surface area contributed by atoms with Gasteiger partial charge in [0, 0.05) is 53.0 Å². The van der Waals surface area contributed by atoms with Crippen LogP contribution >= 0.6 is 0 Å². The number of methoxy groups -OCH3 is 1. The minimum atomic E-state index is 0.0972. The highest BCUT2D eigenvalue weighted by molar-refractivity contribution is 5.74. The molecule has 1 aliphatic heterocycles. The van der Waals surface area contributed by atoms with Gasteiger partial charge in [-0.05, 0) is 12.8 Å². The number of ether oxygens (including phenoxy) is 1. The van der Waals surface area contributed by atoms with Crippen LogP contribution in [0.15, 0.2) is 0 Å². The van der Waals surface area contributed by atoms with Crippen molar-refractivity contribution in [1.82, 2.24) is 15.1 Å². The topological polar surface area (TPSA) is 44.8 Å². The van der Waals surface area contributed by atoms with Gasteiger partial charge in [0.05, 0.1) is 0 Å². The molecule has 0 radical (unpaired) electrons. The van der Waals surface area contributed by atoms with E-state index in [1.165, 1.54) is 0 Å². The highest BCUT2D eigenvalue weighted by Gasteiger charge is 2.19. The van der Waals surface area contributed by atoms with Gasteiger partial charge in [0.15, 0.2) is 0 Å². The monoisotopic (exact) mass is 257 g/mol. The SMILES string of the molecule is CCCCNC(=O)N1CCN(CCCOC)CC1. The van der Waals surface area contributed by atoms with Crippen LogP contribution in [0.4, 0.5) is 4.79 Å². The van der Waals surface area contributed by atoms with Crippen LogP contribution in [0.25, 0.3) is 0 Å². The predicted octanol–water partition coefficient (Wildman–Crippen LogP) is 1.15. The molecule has 0 aromatic rings. The van der Waals surface area contributed by atoms with Crippen LogP contribution in [0.3, 0.4) is 0 Å². The summed E-state index contributed by atoms with van der Waals surface area (Å²) in [6.07, 6.45) is 3.25. The van der Waals surface area contributed by atoms with Gasteiger partial charge >= 0.3 is 6.03 Å². The molecule has 0 saturated carbocycles. The first-order valence-electron chi connectivity index (χ1n) is 7.02. The molecule has 0 aromatic heterocycles. The highest BCUT2D eigenvalue weighted by atomic mass is 16.5. The van der Waals surface area contributed by atoms with Crippen LogP contribution < -0.4 is 5.32 Å². The first-order chi connectivity index (χ1) is 8.77. The maximum absolute atomic E-state index is 11.8. The van der Waals surface area contributed by atoms with E-state index in [9.17, 15) is 4.79 Å². The smallest absolute Gasteiger partial charge is 0.317 e. The van der Waals surface area contributed by atoms with E-state index in [2.05, 4.69) is 17.1 Å². The molecule has 0 unspecified atom stereocenters. The summed E-state index contributed by atoms with van der Waals surface area (Å²) in [5.74, 6) is 0. The van der Waals surface area contributed by atoms with Crippen LogP contribution in [0.1, 0.15) is 26.2 Å². The van der Waals surface area contributed by atoms with Crippen molar-refractivity contribution in [3.05, 3.63) is 0 Å². The lowest BCUT2D eigenvalue weighted by molar-refractivity contribution is 0.125. The lowest BCUT2D eigenvalue weighted by atomic mass is 10.3. The Labute approximate surface area is 110 Å². The minimum Gasteiger partial charge on any atom is -0.385 e. The molecule has 0 aromatic carbocycles. The Kier molecular flexibility index (Phi) is 7.76. The number of carbonyl (C=O) groups excluding carboxylic acids is 1. The highest BCUT2D eigenvalue weighted by Crippen LogP contribution is 2.03. The fourth-order valence-corrected chi connectivity index (χ4v) is 2.09. The maximum Gasteiger partial charge on any atom is 0.317 e. The van der Waals surface area contributed by atoms with Gasteiger partial charge in [0.1, 0.15) is 0 Å². The van der Waals surface area contributed by atoms with Crippen molar-refractivity contribution in [1.29, 1.82) is 0 Å². The Bertz CT molecular complexity index is 228. The summed E-state index contributed by atoms with van der Waals surface area (Å²) in [6.45, 7) is 8.44. The number of urea groups is 1. The minimum absolute atomic E-state index is 0.0972. The van der Waals surface area contributed by atoms with E-state index < -0.39 is 0 Å². The average molecular weight is 257 g/mol. The number of carbonyl (C=O) groups is 1. The van der Waals surface area contributed by atoms with Crippen molar-refractivity contribution in [3.63, 3.8) is 0 Å². The first kappa shape index (κ1) is 15.2. The zero-order valence-corrected chi connectivity index (χ0v) is 11.8. The third kappa shape index (κ3) is 5.69. The molecule has 0 aliphatic carbocycles. The second-order valence-corrected chi connectivity index (χ2v) is 4.76. The third-order valence-electron chi connectivity index (χ3n) is 3.29. The molecule has 0 atom stereocenters. The molecule has 1 aliphatic rings. The quantitative estimate of drug-likeness (QED) is 0.696. The van der Waals surface area contributed by atoms with Crippen LogP contribution in [0.2, 0.25) is 0 Å². The zero-order valence-electron chi connectivity index (χ0n) is 11.8. The molecule has 106 valence electrons. The van der Waals surface area contributed by atoms with E-state index in [0.29, 0.717) is 0 Å². The van der Waals surface area contributed by atoms with Gasteiger partial charge in [0.2, 0.25) is 0 Å². The maximum atomic E-state index is 11.8. The second kappa shape index (κ2) is 9.16. The molecule has 1 N–H and O–H groups in total. The molecule has 1 saturated heterocycles. The molecule has 1 heterocycles. The Morgan fingerprint density at radius 2 is 1.94 bits per heavy atom. The van der Waals surface area contributed by atoms with Crippen molar-refractivity contribution in [3.8, 4) is 0 Å². The Balaban J connectivity index is 2.12. The summed E-state index contributed by atoms with van der Waals surface area (Å²) < 4.78 is 5.05. The fourth-order valence-electron chi connectivity index (χ4n) is 2.09. The molecule has 5 heteroatoms. The first-order valence-corrected chi connectivity index (χ1v) is 7.02. The Hall–Kier alpha value is -0.810. The molecule has 1 fully saturated rings. The number of nitrogens with zero attached hydrogens (tertiary/aromatic N) is 2. The predicted molar refractivity (Wildman–Crippen MR) is 72.8 cm³/mol. The summed E-state index contributed by atoms with van der Waals surface area (Å²) in [5.41, 5.74) is 0. The van der Waals surface area contributed by atoms with Gasteiger partial charge in [0.25, 0.3) is 0 Å². The van der Waals surface area contributed by atoms with Crippen molar-refractivity contribution in [2.24, 2.45) is 0 Å². The van der Waals surface area contributed by atoms with E-state index in [1.54, 1.807) is 7.11 Å². The number of unbranched alkanes of at least 4 members (excludes halogenated alkanes) is 1. The molecular weight excluding hydrogens is 230 g/mol. The molecule has 0 bridgehead atoms. The Morgan fingerprint density at radius 1 is 1.22 bits per heavy atom. The largest absolute Gasteiger partial charge is 0.385 e.